The lowest BCUT2D eigenvalue weighted by molar-refractivity contribution is 0.565. The molecule has 0 bridgehead atoms. The zero-order chi connectivity index (χ0) is 16.2. The molecule has 3 rings (SSSR count). The summed E-state index contributed by atoms with van der Waals surface area (Å²) in [6.07, 6.45) is 5.09. The molecule has 0 saturated carbocycles. The van der Waals surface area contributed by atoms with Gasteiger partial charge in [0.25, 0.3) is 0 Å². The molecule has 0 unspecified atom stereocenters. The molecule has 5 heteroatoms. The number of rotatable bonds is 5. The fourth-order valence-electron chi connectivity index (χ4n) is 2.42. The third kappa shape index (κ3) is 3.90. The van der Waals surface area contributed by atoms with Crippen LogP contribution in [0.25, 0.3) is 0 Å². The highest BCUT2D eigenvalue weighted by molar-refractivity contribution is 6.29. The van der Waals surface area contributed by atoms with Gasteiger partial charge in [0.2, 0.25) is 0 Å². The summed E-state index contributed by atoms with van der Waals surface area (Å²) >= 11 is 5.83. The molecule has 0 fully saturated rings. The quantitative estimate of drug-likeness (QED) is 0.618. The van der Waals surface area contributed by atoms with Crippen LogP contribution in [0, 0.1) is 12.7 Å². The molecule has 23 heavy (non-hydrogen) atoms. The van der Waals surface area contributed by atoms with E-state index in [9.17, 15) is 4.39 Å². The lowest BCUT2D eigenvalue weighted by Gasteiger charge is -2.23. The summed E-state index contributed by atoms with van der Waals surface area (Å²) in [6, 6.07) is 10.8. The molecule has 118 valence electrons. The van der Waals surface area contributed by atoms with E-state index < -0.39 is 0 Å². The average molecular weight is 331 g/mol. The van der Waals surface area contributed by atoms with Crippen molar-refractivity contribution in [3.05, 3.63) is 82.8 Å². The molecule has 3 nitrogen and oxygen atoms in total. The van der Waals surface area contributed by atoms with Crippen molar-refractivity contribution < 1.29 is 8.81 Å². The molecule has 0 amide bonds. The van der Waals surface area contributed by atoms with Gasteiger partial charge >= 0.3 is 0 Å². The molecule has 0 N–H and O–H groups in total. The van der Waals surface area contributed by atoms with Gasteiger partial charge < -0.3 is 9.32 Å². The first kappa shape index (κ1) is 15.6. The molecular weight excluding hydrogens is 315 g/mol. The SMILES string of the molecule is Cc1cc(CN(Cc2ccc(Cl)nc2)c2ccoc2)ccc1F. The second-order valence-corrected chi connectivity index (χ2v) is 5.80. The summed E-state index contributed by atoms with van der Waals surface area (Å²) in [5.74, 6) is -0.189. The third-order valence-corrected chi connectivity index (χ3v) is 3.85. The second-order valence-electron chi connectivity index (χ2n) is 5.41. The van der Waals surface area contributed by atoms with Crippen LogP contribution in [-0.4, -0.2) is 4.98 Å². The molecule has 0 aliphatic rings. The van der Waals surface area contributed by atoms with Gasteiger partial charge in [0.05, 0.1) is 12.0 Å². The second kappa shape index (κ2) is 6.84. The summed E-state index contributed by atoms with van der Waals surface area (Å²) in [5, 5.41) is 0.470. The standard InChI is InChI=1S/C18H16ClFN2O/c1-13-8-14(2-4-17(13)20)10-22(16-6-7-23-12-16)11-15-3-5-18(19)21-9-15/h2-9,12H,10-11H2,1H3. The molecule has 0 aliphatic carbocycles. The van der Waals surface area contributed by atoms with Crippen LogP contribution in [0.3, 0.4) is 0 Å². The summed E-state index contributed by atoms with van der Waals surface area (Å²) in [5.41, 5.74) is 3.67. The highest BCUT2D eigenvalue weighted by atomic mass is 35.5. The van der Waals surface area contributed by atoms with Crippen LogP contribution in [0.4, 0.5) is 10.1 Å². The number of furan rings is 1. The maximum Gasteiger partial charge on any atom is 0.129 e. The summed E-state index contributed by atoms with van der Waals surface area (Å²) < 4.78 is 18.6. The fraction of sp³-hybridized carbons (Fsp3) is 0.167. The first-order valence-electron chi connectivity index (χ1n) is 7.24. The average Bonchev–Trinajstić information content (AvgIpc) is 3.07. The van der Waals surface area contributed by atoms with E-state index in [1.807, 2.05) is 18.2 Å². The van der Waals surface area contributed by atoms with Crippen molar-refractivity contribution in [2.24, 2.45) is 0 Å². The number of aryl methyl sites for hydroxylation is 1. The predicted molar refractivity (Wildman–Crippen MR) is 89.0 cm³/mol. The Bertz CT molecular complexity index is 772. The largest absolute Gasteiger partial charge is 0.470 e. The number of hydrogen-bond donors (Lipinski definition) is 0. The summed E-state index contributed by atoms with van der Waals surface area (Å²) in [4.78, 5) is 6.25. The first-order valence-corrected chi connectivity index (χ1v) is 7.62. The van der Waals surface area contributed by atoms with E-state index in [1.54, 1.807) is 37.8 Å². The molecular formula is C18H16ClFN2O. The predicted octanol–water partition coefficient (Wildman–Crippen LogP) is 4.98. The van der Waals surface area contributed by atoms with Crippen LogP contribution < -0.4 is 4.90 Å². The maximum atomic E-state index is 13.4. The Morgan fingerprint density at radius 1 is 1.13 bits per heavy atom. The monoisotopic (exact) mass is 330 g/mol. The topological polar surface area (TPSA) is 29.3 Å². The Hall–Kier alpha value is -2.33. The Morgan fingerprint density at radius 2 is 1.91 bits per heavy atom. The fourth-order valence-corrected chi connectivity index (χ4v) is 2.53. The van der Waals surface area contributed by atoms with E-state index in [1.165, 1.54) is 6.07 Å². The molecule has 2 heterocycles. The number of aromatic nitrogens is 1. The number of halogens is 2. The molecule has 3 aromatic rings. The third-order valence-electron chi connectivity index (χ3n) is 3.63. The number of hydrogen-bond acceptors (Lipinski definition) is 3. The van der Waals surface area contributed by atoms with Crippen molar-refractivity contribution >= 4 is 17.3 Å². The van der Waals surface area contributed by atoms with Crippen molar-refractivity contribution in [1.82, 2.24) is 4.98 Å². The molecule has 1 aromatic carbocycles. The van der Waals surface area contributed by atoms with Gasteiger partial charge in [0, 0.05) is 19.3 Å². The van der Waals surface area contributed by atoms with Crippen LogP contribution >= 0.6 is 11.6 Å². The number of nitrogens with zero attached hydrogens (tertiary/aromatic N) is 2. The first-order chi connectivity index (χ1) is 11.1. The van der Waals surface area contributed by atoms with Crippen LogP contribution in [0.1, 0.15) is 16.7 Å². The maximum absolute atomic E-state index is 13.4. The molecule has 2 aromatic heterocycles. The van der Waals surface area contributed by atoms with Crippen molar-refractivity contribution in [2.75, 3.05) is 4.90 Å². The summed E-state index contributed by atoms with van der Waals surface area (Å²) in [7, 11) is 0. The Balaban J connectivity index is 1.83. The molecule has 0 aliphatic heterocycles. The Labute approximate surface area is 139 Å². The lowest BCUT2D eigenvalue weighted by atomic mass is 10.1. The number of benzene rings is 1. The number of pyridine rings is 1. The van der Waals surface area contributed by atoms with Crippen LogP contribution in [0.5, 0.6) is 0 Å². The van der Waals surface area contributed by atoms with E-state index >= 15 is 0 Å². The van der Waals surface area contributed by atoms with Crippen molar-refractivity contribution in [3.8, 4) is 0 Å². The van der Waals surface area contributed by atoms with Gasteiger partial charge in [-0.15, -0.1) is 0 Å². The van der Waals surface area contributed by atoms with Gasteiger partial charge in [-0.25, -0.2) is 9.37 Å². The van der Waals surface area contributed by atoms with E-state index in [4.69, 9.17) is 16.0 Å². The van der Waals surface area contributed by atoms with Gasteiger partial charge in [-0.1, -0.05) is 29.8 Å². The van der Waals surface area contributed by atoms with Gasteiger partial charge in [-0.3, -0.25) is 0 Å². The van der Waals surface area contributed by atoms with E-state index in [0.717, 1.165) is 16.8 Å². The minimum atomic E-state index is -0.189. The highest BCUT2D eigenvalue weighted by Crippen LogP contribution is 2.22. The lowest BCUT2D eigenvalue weighted by Crippen LogP contribution is -2.21. The number of anilines is 1. The molecule has 0 radical (unpaired) electrons. The van der Waals surface area contributed by atoms with Gasteiger partial charge in [-0.2, -0.15) is 0 Å². The zero-order valence-corrected chi connectivity index (χ0v) is 13.4. The van der Waals surface area contributed by atoms with Crippen molar-refractivity contribution in [2.45, 2.75) is 20.0 Å². The minimum absolute atomic E-state index is 0.189. The van der Waals surface area contributed by atoms with Crippen LogP contribution in [-0.2, 0) is 13.1 Å². The van der Waals surface area contributed by atoms with Gasteiger partial charge in [0.1, 0.15) is 17.2 Å². The van der Waals surface area contributed by atoms with E-state index in [0.29, 0.717) is 23.8 Å². The van der Waals surface area contributed by atoms with Crippen molar-refractivity contribution in [3.63, 3.8) is 0 Å². The zero-order valence-electron chi connectivity index (χ0n) is 12.7. The Kier molecular flexibility index (Phi) is 4.63. The van der Waals surface area contributed by atoms with Gasteiger partial charge in [0.15, 0.2) is 0 Å². The van der Waals surface area contributed by atoms with Crippen LogP contribution in [0.2, 0.25) is 5.15 Å². The molecule has 0 atom stereocenters. The minimum Gasteiger partial charge on any atom is -0.470 e. The van der Waals surface area contributed by atoms with Crippen LogP contribution in [0.15, 0.2) is 59.5 Å². The molecule has 0 saturated heterocycles. The normalized spacial score (nSPS) is 10.7. The van der Waals surface area contributed by atoms with E-state index in [2.05, 4.69) is 9.88 Å². The smallest absolute Gasteiger partial charge is 0.129 e. The van der Waals surface area contributed by atoms with E-state index in [-0.39, 0.29) is 5.82 Å². The molecule has 0 spiro atoms. The Morgan fingerprint density at radius 3 is 2.57 bits per heavy atom. The highest BCUT2D eigenvalue weighted by Gasteiger charge is 2.11. The van der Waals surface area contributed by atoms with Crippen molar-refractivity contribution in [1.29, 1.82) is 0 Å². The summed E-state index contributed by atoms with van der Waals surface area (Å²) in [6.45, 7) is 3.06. The van der Waals surface area contributed by atoms with Gasteiger partial charge in [-0.05, 0) is 41.8 Å².